The molecule has 0 amide bonds. The zero-order valence-electron chi connectivity index (χ0n) is 8.11. The molecule has 2 nitrogen and oxygen atoms in total. The molecule has 0 spiro atoms. The van der Waals surface area contributed by atoms with Crippen molar-refractivity contribution in [2.24, 2.45) is 5.92 Å². The van der Waals surface area contributed by atoms with E-state index in [1.54, 1.807) is 0 Å². The molecule has 1 aromatic carbocycles. The summed E-state index contributed by atoms with van der Waals surface area (Å²) in [7, 11) is 0. The van der Waals surface area contributed by atoms with Crippen molar-refractivity contribution in [1.82, 2.24) is 0 Å². The van der Waals surface area contributed by atoms with E-state index in [4.69, 9.17) is 4.74 Å². The number of carbonyl (C=O) groups is 1. The minimum absolute atomic E-state index is 0.134. The normalized spacial score (nSPS) is 21.0. The topological polar surface area (TPSA) is 26.3 Å². The van der Waals surface area contributed by atoms with Crippen LogP contribution in [0.2, 0.25) is 0 Å². The van der Waals surface area contributed by atoms with Crippen LogP contribution in [-0.4, -0.2) is 19.0 Å². The van der Waals surface area contributed by atoms with Crippen molar-refractivity contribution in [3.63, 3.8) is 0 Å². The Morgan fingerprint density at radius 3 is 2.79 bits per heavy atom. The molecule has 1 aliphatic rings. The molecule has 14 heavy (non-hydrogen) atoms. The minimum atomic E-state index is 0.134. The molecule has 1 atom stereocenters. The maximum Gasteiger partial charge on any atom is 0.142 e. The molecule has 0 radical (unpaired) electrons. The monoisotopic (exact) mass is 190 g/mol. The Morgan fingerprint density at radius 2 is 2.14 bits per heavy atom. The molecule has 1 fully saturated rings. The van der Waals surface area contributed by atoms with Crippen LogP contribution < -0.4 is 0 Å². The van der Waals surface area contributed by atoms with E-state index < -0.39 is 0 Å². The molecule has 74 valence electrons. The Morgan fingerprint density at radius 1 is 1.36 bits per heavy atom. The Hall–Kier alpha value is -1.15. The zero-order chi connectivity index (χ0) is 9.80. The molecule has 0 bridgehead atoms. The van der Waals surface area contributed by atoms with Crippen LogP contribution in [0.25, 0.3) is 0 Å². The van der Waals surface area contributed by atoms with Gasteiger partial charge in [0.25, 0.3) is 0 Å². The van der Waals surface area contributed by atoms with E-state index in [0.717, 1.165) is 18.6 Å². The second kappa shape index (κ2) is 4.38. The van der Waals surface area contributed by atoms with Crippen LogP contribution in [0.5, 0.6) is 0 Å². The van der Waals surface area contributed by atoms with Gasteiger partial charge in [0.05, 0.1) is 6.61 Å². The molecule has 1 aromatic rings. The number of hydrogen-bond acceptors (Lipinski definition) is 2. The van der Waals surface area contributed by atoms with Crippen molar-refractivity contribution in [2.45, 2.75) is 12.8 Å². The van der Waals surface area contributed by atoms with Crippen molar-refractivity contribution in [3.8, 4) is 0 Å². The molecule has 1 unspecified atom stereocenters. The van der Waals surface area contributed by atoms with Gasteiger partial charge in [-0.25, -0.2) is 0 Å². The first-order valence-electron chi connectivity index (χ1n) is 5.00. The molecule has 0 aliphatic carbocycles. The average molecular weight is 190 g/mol. The molecule has 2 rings (SSSR count). The molecular weight excluding hydrogens is 176 g/mol. The maximum atomic E-state index is 11.7. The summed E-state index contributed by atoms with van der Waals surface area (Å²) in [6, 6.07) is 9.88. The fourth-order valence-corrected chi connectivity index (χ4v) is 1.73. The fraction of sp³-hybridized carbons (Fsp3) is 0.417. The Labute approximate surface area is 83.9 Å². The quantitative estimate of drug-likeness (QED) is 0.727. The number of carbonyl (C=O) groups excluding carboxylic acids is 1. The van der Waals surface area contributed by atoms with Gasteiger partial charge in [-0.3, -0.25) is 4.79 Å². The third kappa shape index (κ3) is 2.20. The third-order valence-corrected chi connectivity index (χ3v) is 2.61. The summed E-state index contributed by atoms with van der Waals surface area (Å²) >= 11 is 0. The number of rotatable bonds is 3. The fourth-order valence-electron chi connectivity index (χ4n) is 1.73. The van der Waals surface area contributed by atoms with Gasteiger partial charge in [-0.05, 0) is 12.0 Å². The number of Topliss-reactive ketones (excluding diaryl/α,β-unsaturated/α-hetero) is 1. The summed E-state index contributed by atoms with van der Waals surface area (Å²) in [4.78, 5) is 11.7. The van der Waals surface area contributed by atoms with Crippen molar-refractivity contribution in [1.29, 1.82) is 0 Å². The first kappa shape index (κ1) is 9.41. The highest BCUT2D eigenvalue weighted by Crippen LogP contribution is 2.15. The van der Waals surface area contributed by atoms with Gasteiger partial charge < -0.3 is 4.74 Å². The van der Waals surface area contributed by atoms with Gasteiger partial charge in [0.15, 0.2) is 0 Å². The summed E-state index contributed by atoms with van der Waals surface area (Å²) < 4.78 is 5.20. The first-order chi connectivity index (χ1) is 6.86. The molecule has 2 heteroatoms. The lowest BCUT2D eigenvalue weighted by molar-refractivity contribution is -0.122. The van der Waals surface area contributed by atoms with E-state index in [2.05, 4.69) is 0 Å². The number of hydrogen-bond donors (Lipinski definition) is 0. The van der Waals surface area contributed by atoms with E-state index >= 15 is 0 Å². The molecule has 0 aromatic heterocycles. The summed E-state index contributed by atoms with van der Waals surface area (Å²) in [5.74, 6) is 0.448. The molecule has 1 saturated heterocycles. The predicted molar refractivity (Wildman–Crippen MR) is 54.1 cm³/mol. The lowest BCUT2D eigenvalue weighted by Crippen LogP contribution is -2.16. The number of ether oxygens (including phenoxy) is 1. The largest absolute Gasteiger partial charge is 0.381 e. The first-order valence-corrected chi connectivity index (χ1v) is 5.00. The van der Waals surface area contributed by atoms with E-state index in [1.165, 1.54) is 0 Å². The van der Waals surface area contributed by atoms with Gasteiger partial charge in [0.1, 0.15) is 5.78 Å². The second-order valence-electron chi connectivity index (χ2n) is 3.69. The lowest BCUT2D eigenvalue weighted by Gasteiger charge is -2.05. The van der Waals surface area contributed by atoms with Crippen LogP contribution >= 0.6 is 0 Å². The summed E-state index contributed by atoms with van der Waals surface area (Å²) in [6.45, 7) is 1.36. The maximum absolute atomic E-state index is 11.7. The summed E-state index contributed by atoms with van der Waals surface area (Å²) in [6.07, 6.45) is 1.44. The van der Waals surface area contributed by atoms with Gasteiger partial charge >= 0.3 is 0 Å². The van der Waals surface area contributed by atoms with Gasteiger partial charge in [-0.15, -0.1) is 0 Å². The average Bonchev–Trinajstić information content (AvgIpc) is 2.72. The highest BCUT2D eigenvalue weighted by molar-refractivity contribution is 5.83. The Bertz CT molecular complexity index is 299. The highest BCUT2D eigenvalue weighted by Gasteiger charge is 2.22. The molecule has 1 heterocycles. The Kier molecular flexibility index (Phi) is 2.94. The standard InChI is InChI=1S/C12H14O2/c13-12(11-6-7-14-9-11)8-10-4-2-1-3-5-10/h1-5,11H,6-9H2. The molecule has 0 N–H and O–H groups in total. The lowest BCUT2D eigenvalue weighted by atomic mass is 9.97. The van der Waals surface area contributed by atoms with Crippen molar-refractivity contribution in [3.05, 3.63) is 35.9 Å². The summed E-state index contributed by atoms with van der Waals surface area (Å²) in [5, 5.41) is 0. The van der Waals surface area contributed by atoms with Crippen LogP contribution in [0.3, 0.4) is 0 Å². The van der Waals surface area contributed by atoms with Crippen LogP contribution in [0.15, 0.2) is 30.3 Å². The number of benzene rings is 1. The van der Waals surface area contributed by atoms with Crippen LogP contribution in [0.4, 0.5) is 0 Å². The van der Waals surface area contributed by atoms with Crippen molar-refractivity contribution < 1.29 is 9.53 Å². The van der Waals surface area contributed by atoms with Crippen molar-refractivity contribution in [2.75, 3.05) is 13.2 Å². The molecular formula is C12H14O2. The molecule has 0 saturated carbocycles. The molecule has 1 aliphatic heterocycles. The van der Waals surface area contributed by atoms with E-state index in [1.807, 2.05) is 30.3 Å². The highest BCUT2D eigenvalue weighted by atomic mass is 16.5. The Balaban J connectivity index is 1.94. The third-order valence-electron chi connectivity index (χ3n) is 2.61. The SMILES string of the molecule is O=C(Cc1ccccc1)C1CCOC1. The second-order valence-corrected chi connectivity index (χ2v) is 3.69. The number of ketones is 1. The van der Waals surface area contributed by atoms with E-state index in [9.17, 15) is 4.79 Å². The smallest absolute Gasteiger partial charge is 0.142 e. The zero-order valence-corrected chi connectivity index (χ0v) is 8.11. The van der Waals surface area contributed by atoms with Gasteiger partial charge in [0.2, 0.25) is 0 Å². The minimum Gasteiger partial charge on any atom is -0.381 e. The van der Waals surface area contributed by atoms with Gasteiger partial charge in [-0.2, -0.15) is 0 Å². The van der Waals surface area contributed by atoms with Gasteiger partial charge in [0, 0.05) is 18.9 Å². The van der Waals surface area contributed by atoms with Crippen LogP contribution in [-0.2, 0) is 16.0 Å². The van der Waals surface area contributed by atoms with Gasteiger partial charge in [-0.1, -0.05) is 30.3 Å². The van der Waals surface area contributed by atoms with Crippen molar-refractivity contribution >= 4 is 5.78 Å². The van der Waals surface area contributed by atoms with Crippen LogP contribution in [0.1, 0.15) is 12.0 Å². The summed E-state index contributed by atoms with van der Waals surface area (Å²) in [5.41, 5.74) is 1.10. The van der Waals surface area contributed by atoms with Crippen LogP contribution in [0, 0.1) is 5.92 Å². The van der Waals surface area contributed by atoms with E-state index in [0.29, 0.717) is 18.8 Å². The van der Waals surface area contributed by atoms with E-state index in [-0.39, 0.29) is 5.92 Å². The predicted octanol–water partition coefficient (Wildman–Crippen LogP) is 1.83.